The topological polar surface area (TPSA) is 67.6 Å². The second-order valence-corrected chi connectivity index (χ2v) is 6.01. The van der Waals surface area contributed by atoms with Gasteiger partial charge in [-0.1, -0.05) is 17.3 Å². The summed E-state index contributed by atoms with van der Waals surface area (Å²) in [5, 5.41) is 6.53. The van der Waals surface area contributed by atoms with E-state index in [1.807, 2.05) is 26.0 Å². The van der Waals surface area contributed by atoms with E-state index in [-0.39, 0.29) is 11.9 Å². The molecule has 0 saturated carbocycles. The molecule has 2 heterocycles. The van der Waals surface area contributed by atoms with E-state index in [9.17, 15) is 4.79 Å². The molecule has 1 atom stereocenters. The number of nitrogens with zero attached hydrogens (tertiary/aromatic N) is 2. The average Bonchev–Trinajstić information content (AvgIpc) is 3.17. The van der Waals surface area contributed by atoms with Crippen LogP contribution in [-0.2, 0) is 4.79 Å². The zero-order chi connectivity index (χ0) is 16.9. The predicted octanol–water partition coefficient (Wildman–Crippen LogP) is 3.16. The van der Waals surface area contributed by atoms with Crippen molar-refractivity contribution >= 4 is 11.8 Å². The molecule has 3 rings (SSSR count). The molecule has 0 spiro atoms. The number of rotatable bonds is 6. The van der Waals surface area contributed by atoms with Crippen LogP contribution in [0.25, 0.3) is 0 Å². The van der Waals surface area contributed by atoms with Crippen LogP contribution in [0.4, 0.5) is 5.88 Å². The van der Waals surface area contributed by atoms with Gasteiger partial charge in [-0.15, -0.1) is 0 Å². The number of anilines is 1. The molecule has 128 valence electrons. The first kappa shape index (κ1) is 16.5. The lowest BCUT2D eigenvalue weighted by Crippen LogP contribution is -2.32. The number of hydrogen-bond donors (Lipinski definition) is 1. The summed E-state index contributed by atoms with van der Waals surface area (Å²) < 4.78 is 10.5. The predicted molar refractivity (Wildman–Crippen MR) is 91.0 cm³/mol. The molecule has 0 bridgehead atoms. The Bertz CT molecular complexity index is 681. The van der Waals surface area contributed by atoms with Crippen LogP contribution >= 0.6 is 0 Å². The molecule has 1 aromatic carbocycles. The maximum atomic E-state index is 12.2. The van der Waals surface area contributed by atoms with Gasteiger partial charge in [0.25, 0.3) is 0 Å². The van der Waals surface area contributed by atoms with Gasteiger partial charge in [0.15, 0.2) is 0 Å². The van der Waals surface area contributed by atoms with Gasteiger partial charge in [-0.05, 0) is 50.9 Å². The summed E-state index contributed by atoms with van der Waals surface area (Å²) in [6.45, 7) is 5.72. The van der Waals surface area contributed by atoms with E-state index < -0.39 is 0 Å². The second-order valence-electron chi connectivity index (χ2n) is 6.01. The molecule has 1 amide bonds. The number of aromatic nitrogens is 1. The Morgan fingerprint density at radius 1 is 1.42 bits per heavy atom. The highest BCUT2D eigenvalue weighted by Gasteiger charge is 2.27. The van der Waals surface area contributed by atoms with Crippen molar-refractivity contribution in [1.82, 2.24) is 10.1 Å². The molecule has 1 fully saturated rings. The van der Waals surface area contributed by atoms with Crippen LogP contribution in [0.2, 0.25) is 0 Å². The van der Waals surface area contributed by atoms with Crippen molar-refractivity contribution in [2.45, 2.75) is 32.7 Å². The number of benzene rings is 1. The first-order chi connectivity index (χ1) is 11.7. The van der Waals surface area contributed by atoms with Gasteiger partial charge in [0, 0.05) is 12.1 Å². The number of carbonyl (C=O) groups is 1. The summed E-state index contributed by atoms with van der Waals surface area (Å²) >= 11 is 0. The minimum absolute atomic E-state index is 0.0796. The molecule has 6 heteroatoms. The summed E-state index contributed by atoms with van der Waals surface area (Å²) in [5.74, 6) is 1.20. The van der Waals surface area contributed by atoms with Crippen molar-refractivity contribution in [3.8, 4) is 5.75 Å². The number of nitrogens with one attached hydrogen (secondary N) is 1. The van der Waals surface area contributed by atoms with Crippen molar-refractivity contribution in [2.75, 3.05) is 25.0 Å². The van der Waals surface area contributed by atoms with Crippen molar-refractivity contribution in [3.63, 3.8) is 0 Å². The Labute approximate surface area is 141 Å². The van der Waals surface area contributed by atoms with Crippen LogP contribution in [0.1, 0.15) is 37.1 Å². The summed E-state index contributed by atoms with van der Waals surface area (Å²) in [5.41, 5.74) is 1.97. The van der Waals surface area contributed by atoms with E-state index in [0.717, 1.165) is 30.8 Å². The quantitative estimate of drug-likeness (QED) is 0.882. The number of likely N-dealkylation sites (tertiary alicyclic amines) is 1. The minimum atomic E-state index is -0.0796. The number of hydrogen-bond acceptors (Lipinski definition) is 5. The van der Waals surface area contributed by atoms with E-state index in [2.05, 4.69) is 27.5 Å². The maximum Gasteiger partial charge on any atom is 0.240 e. The summed E-state index contributed by atoms with van der Waals surface area (Å²) in [7, 11) is 0. The standard InChI is InChI=1S/C18H23N3O3/c1-3-23-15-8-6-14(7-9-15)16-5-4-10-21(16)12-17(22)19-18-11-13(2)20-24-18/h6-9,11,16H,3-5,10,12H2,1-2H3,(H,19,22)/t16-/m0/s1. The molecule has 0 radical (unpaired) electrons. The van der Waals surface area contributed by atoms with E-state index in [0.29, 0.717) is 19.0 Å². The van der Waals surface area contributed by atoms with Gasteiger partial charge in [0.05, 0.1) is 18.8 Å². The Hall–Kier alpha value is -2.34. The molecular weight excluding hydrogens is 306 g/mol. The Morgan fingerprint density at radius 2 is 2.21 bits per heavy atom. The lowest BCUT2D eigenvalue weighted by Gasteiger charge is -2.24. The van der Waals surface area contributed by atoms with Gasteiger partial charge in [0.2, 0.25) is 11.8 Å². The first-order valence-corrected chi connectivity index (χ1v) is 8.35. The third kappa shape index (κ3) is 3.94. The first-order valence-electron chi connectivity index (χ1n) is 8.35. The van der Waals surface area contributed by atoms with Crippen LogP contribution < -0.4 is 10.1 Å². The fraction of sp³-hybridized carbons (Fsp3) is 0.444. The zero-order valence-electron chi connectivity index (χ0n) is 14.1. The molecule has 1 aromatic heterocycles. The molecule has 1 aliphatic heterocycles. The van der Waals surface area contributed by atoms with E-state index in [4.69, 9.17) is 9.26 Å². The molecular formula is C18H23N3O3. The molecule has 0 unspecified atom stereocenters. The van der Waals surface area contributed by atoms with Crippen LogP contribution in [0.15, 0.2) is 34.9 Å². The van der Waals surface area contributed by atoms with Crippen LogP contribution in [-0.4, -0.2) is 35.7 Å². The molecule has 2 aromatic rings. The lowest BCUT2D eigenvalue weighted by molar-refractivity contribution is -0.117. The van der Waals surface area contributed by atoms with Gasteiger partial charge in [-0.2, -0.15) is 0 Å². The summed E-state index contributed by atoms with van der Waals surface area (Å²) in [6, 6.07) is 10.1. The van der Waals surface area contributed by atoms with Crippen molar-refractivity contribution in [1.29, 1.82) is 0 Å². The second kappa shape index (κ2) is 7.49. The lowest BCUT2D eigenvalue weighted by atomic mass is 10.0. The van der Waals surface area contributed by atoms with E-state index >= 15 is 0 Å². The Balaban J connectivity index is 1.61. The SMILES string of the molecule is CCOc1ccc([C@@H]2CCCN2CC(=O)Nc2cc(C)no2)cc1. The molecule has 1 saturated heterocycles. The molecule has 0 aliphatic carbocycles. The largest absolute Gasteiger partial charge is 0.494 e. The summed E-state index contributed by atoms with van der Waals surface area (Å²) in [4.78, 5) is 14.4. The Morgan fingerprint density at radius 3 is 2.88 bits per heavy atom. The fourth-order valence-electron chi connectivity index (χ4n) is 3.13. The smallest absolute Gasteiger partial charge is 0.240 e. The number of amides is 1. The van der Waals surface area contributed by atoms with Gasteiger partial charge >= 0.3 is 0 Å². The fourth-order valence-corrected chi connectivity index (χ4v) is 3.13. The monoisotopic (exact) mass is 329 g/mol. The summed E-state index contributed by atoms with van der Waals surface area (Å²) in [6.07, 6.45) is 2.15. The number of carbonyl (C=O) groups excluding carboxylic acids is 1. The van der Waals surface area contributed by atoms with Gasteiger partial charge in [-0.25, -0.2) is 0 Å². The maximum absolute atomic E-state index is 12.2. The third-order valence-electron chi connectivity index (χ3n) is 4.18. The van der Waals surface area contributed by atoms with Crippen LogP contribution in [0.3, 0.4) is 0 Å². The average molecular weight is 329 g/mol. The highest BCUT2D eigenvalue weighted by Crippen LogP contribution is 2.32. The van der Waals surface area contributed by atoms with E-state index in [1.54, 1.807) is 6.07 Å². The van der Waals surface area contributed by atoms with Crippen LogP contribution in [0.5, 0.6) is 5.75 Å². The zero-order valence-corrected chi connectivity index (χ0v) is 14.1. The third-order valence-corrected chi connectivity index (χ3v) is 4.18. The van der Waals surface area contributed by atoms with Gasteiger partial charge in [0.1, 0.15) is 5.75 Å². The Kier molecular flexibility index (Phi) is 5.15. The number of aryl methyl sites for hydroxylation is 1. The van der Waals surface area contributed by atoms with Crippen molar-refractivity contribution in [3.05, 3.63) is 41.6 Å². The van der Waals surface area contributed by atoms with E-state index in [1.165, 1.54) is 5.56 Å². The van der Waals surface area contributed by atoms with Crippen molar-refractivity contribution < 1.29 is 14.1 Å². The van der Waals surface area contributed by atoms with Gasteiger partial charge < -0.3 is 9.26 Å². The minimum Gasteiger partial charge on any atom is -0.494 e. The highest BCUT2D eigenvalue weighted by atomic mass is 16.5. The number of ether oxygens (including phenoxy) is 1. The normalized spacial score (nSPS) is 17.8. The highest BCUT2D eigenvalue weighted by molar-refractivity contribution is 5.91. The van der Waals surface area contributed by atoms with Gasteiger partial charge in [-0.3, -0.25) is 15.0 Å². The van der Waals surface area contributed by atoms with Crippen LogP contribution in [0, 0.1) is 6.92 Å². The molecule has 1 aliphatic rings. The van der Waals surface area contributed by atoms with Crippen molar-refractivity contribution in [2.24, 2.45) is 0 Å². The molecule has 24 heavy (non-hydrogen) atoms. The molecule has 6 nitrogen and oxygen atoms in total. The molecule has 1 N–H and O–H groups in total.